The van der Waals surface area contributed by atoms with E-state index in [1.54, 1.807) is 6.07 Å². The average Bonchev–Trinajstić information content (AvgIpc) is 2.34. The molecule has 0 aliphatic rings. The molecule has 3 N–H and O–H groups in total. The summed E-state index contributed by atoms with van der Waals surface area (Å²) in [6.07, 6.45) is 1.03. The van der Waals surface area contributed by atoms with Crippen LogP contribution >= 0.6 is 0 Å². The van der Waals surface area contributed by atoms with E-state index in [0.717, 1.165) is 18.4 Å². The number of hydrogen-bond donors (Lipinski definition) is 3. The van der Waals surface area contributed by atoms with E-state index in [0.29, 0.717) is 12.2 Å². The molecule has 0 aliphatic heterocycles. The van der Waals surface area contributed by atoms with E-state index in [1.165, 1.54) is 13.8 Å². The number of sulfonamides is 1. The van der Waals surface area contributed by atoms with Gasteiger partial charge >= 0.3 is 0 Å². The van der Waals surface area contributed by atoms with Gasteiger partial charge in [0.05, 0.1) is 6.26 Å². The van der Waals surface area contributed by atoms with E-state index >= 15 is 0 Å². The summed E-state index contributed by atoms with van der Waals surface area (Å²) in [6.45, 7) is 6.63. The molecule has 0 radical (unpaired) electrons. The average molecular weight is 313 g/mol. The first-order chi connectivity index (χ1) is 9.64. The van der Waals surface area contributed by atoms with Gasteiger partial charge < -0.3 is 10.6 Å². The molecule has 0 spiro atoms. The van der Waals surface area contributed by atoms with Crippen LogP contribution < -0.4 is 15.4 Å². The monoisotopic (exact) mass is 313 g/mol. The fourth-order valence-corrected chi connectivity index (χ4v) is 2.85. The number of carbonyl (C=O) groups excluding carboxylic acids is 1. The second-order valence-corrected chi connectivity index (χ2v) is 7.18. The van der Waals surface area contributed by atoms with Gasteiger partial charge in [-0.1, -0.05) is 19.1 Å². The molecule has 0 saturated heterocycles. The molecule has 0 aromatic heterocycles. The zero-order valence-electron chi connectivity index (χ0n) is 12.9. The van der Waals surface area contributed by atoms with Crippen molar-refractivity contribution in [3.63, 3.8) is 0 Å². The molecule has 0 atom stereocenters. The van der Waals surface area contributed by atoms with E-state index in [1.807, 2.05) is 25.1 Å². The number of carbonyl (C=O) groups is 1. The van der Waals surface area contributed by atoms with Crippen molar-refractivity contribution in [2.75, 3.05) is 18.1 Å². The summed E-state index contributed by atoms with van der Waals surface area (Å²) in [4.78, 5) is 12.2. The SMILES string of the molecule is CCNCc1cccc(NC(=O)C(C)(C)NS(C)(=O)=O)c1. The van der Waals surface area contributed by atoms with Crippen molar-refractivity contribution in [3.05, 3.63) is 29.8 Å². The van der Waals surface area contributed by atoms with Gasteiger partial charge in [-0.25, -0.2) is 13.1 Å². The third-order valence-corrected chi connectivity index (χ3v) is 3.65. The molecule has 1 amide bonds. The maximum atomic E-state index is 12.2. The summed E-state index contributed by atoms with van der Waals surface area (Å²) in [6, 6.07) is 7.43. The lowest BCUT2D eigenvalue weighted by molar-refractivity contribution is -0.120. The Morgan fingerprint density at radius 2 is 1.95 bits per heavy atom. The fraction of sp³-hybridized carbons (Fsp3) is 0.500. The first-order valence-electron chi connectivity index (χ1n) is 6.74. The maximum Gasteiger partial charge on any atom is 0.245 e. The fourth-order valence-electron chi connectivity index (χ4n) is 1.83. The molecule has 0 fully saturated rings. The van der Waals surface area contributed by atoms with Gasteiger partial charge in [-0.2, -0.15) is 0 Å². The minimum absolute atomic E-state index is 0.409. The number of amides is 1. The van der Waals surface area contributed by atoms with E-state index in [2.05, 4.69) is 15.4 Å². The highest BCUT2D eigenvalue weighted by Gasteiger charge is 2.30. The van der Waals surface area contributed by atoms with E-state index in [9.17, 15) is 13.2 Å². The van der Waals surface area contributed by atoms with Crippen LogP contribution in [-0.4, -0.2) is 32.7 Å². The maximum absolute atomic E-state index is 12.2. The molecule has 1 rings (SSSR count). The first kappa shape index (κ1) is 17.6. The Bertz CT molecular complexity index is 597. The van der Waals surface area contributed by atoms with Gasteiger partial charge in [0.15, 0.2) is 0 Å². The molecule has 118 valence electrons. The Morgan fingerprint density at radius 1 is 1.29 bits per heavy atom. The zero-order valence-corrected chi connectivity index (χ0v) is 13.7. The lowest BCUT2D eigenvalue weighted by Gasteiger charge is -2.24. The summed E-state index contributed by atoms with van der Waals surface area (Å²) in [5.74, 6) is -0.409. The number of rotatable bonds is 7. The zero-order chi connectivity index (χ0) is 16.1. The molecular formula is C14H23N3O3S. The summed E-state index contributed by atoms with van der Waals surface area (Å²) < 4.78 is 24.9. The summed E-state index contributed by atoms with van der Waals surface area (Å²) in [5.41, 5.74) is 0.466. The third kappa shape index (κ3) is 6.24. The molecule has 6 nitrogen and oxygen atoms in total. The molecule has 0 bridgehead atoms. The van der Waals surface area contributed by atoms with Crippen LogP contribution in [0.3, 0.4) is 0 Å². The summed E-state index contributed by atoms with van der Waals surface area (Å²) in [5, 5.41) is 5.93. The summed E-state index contributed by atoms with van der Waals surface area (Å²) in [7, 11) is -3.46. The van der Waals surface area contributed by atoms with Gasteiger partial charge in [0.2, 0.25) is 15.9 Å². The highest BCUT2D eigenvalue weighted by Crippen LogP contribution is 2.14. The van der Waals surface area contributed by atoms with Gasteiger partial charge in [-0.05, 0) is 38.1 Å². The van der Waals surface area contributed by atoms with Crippen molar-refractivity contribution in [2.24, 2.45) is 0 Å². The number of anilines is 1. The van der Waals surface area contributed by atoms with Crippen LogP contribution in [-0.2, 0) is 21.4 Å². The first-order valence-corrected chi connectivity index (χ1v) is 8.63. The van der Waals surface area contributed by atoms with Gasteiger partial charge in [0.1, 0.15) is 5.54 Å². The molecule has 7 heteroatoms. The van der Waals surface area contributed by atoms with Gasteiger partial charge in [0, 0.05) is 12.2 Å². The topological polar surface area (TPSA) is 87.3 Å². The highest BCUT2D eigenvalue weighted by molar-refractivity contribution is 7.88. The van der Waals surface area contributed by atoms with Gasteiger partial charge in [-0.15, -0.1) is 0 Å². The molecule has 0 unspecified atom stereocenters. The number of hydrogen-bond acceptors (Lipinski definition) is 4. The van der Waals surface area contributed by atoms with Crippen molar-refractivity contribution in [1.82, 2.24) is 10.0 Å². The Balaban J connectivity index is 2.78. The van der Waals surface area contributed by atoms with Gasteiger partial charge in [0.25, 0.3) is 0 Å². The van der Waals surface area contributed by atoms with Crippen LogP contribution in [0.25, 0.3) is 0 Å². The number of nitrogens with one attached hydrogen (secondary N) is 3. The second-order valence-electron chi connectivity index (χ2n) is 5.43. The molecule has 1 aromatic carbocycles. The largest absolute Gasteiger partial charge is 0.324 e. The molecule has 1 aromatic rings. The van der Waals surface area contributed by atoms with Crippen molar-refractivity contribution < 1.29 is 13.2 Å². The van der Waals surface area contributed by atoms with Crippen LogP contribution in [0.1, 0.15) is 26.3 Å². The van der Waals surface area contributed by atoms with Crippen LogP contribution in [0.2, 0.25) is 0 Å². The predicted octanol–water partition coefficient (Wildman–Crippen LogP) is 1.06. The Labute approximate surface area is 126 Å². The molecule has 0 saturated carbocycles. The second kappa shape index (κ2) is 7.02. The van der Waals surface area contributed by atoms with Gasteiger partial charge in [-0.3, -0.25) is 4.79 Å². The van der Waals surface area contributed by atoms with Crippen LogP contribution in [0.5, 0.6) is 0 Å². The lowest BCUT2D eigenvalue weighted by atomic mass is 10.1. The molecule has 0 aliphatic carbocycles. The minimum Gasteiger partial charge on any atom is -0.324 e. The lowest BCUT2D eigenvalue weighted by Crippen LogP contribution is -2.51. The normalized spacial score (nSPS) is 12.2. The Morgan fingerprint density at radius 3 is 2.52 bits per heavy atom. The quantitative estimate of drug-likeness (QED) is 0.702. The van der Waals surface area contributed by atoms with Crippen LogP contribution in [0, 0.1) is 0 Å². The van der Waals surface area contributed by atoms with E-state index < -0.39 is 21.5 Å². The van der Waals surface area contributed by atoms with Crippen molar-refractivity contribution >= 4 is 21.6 Å². The number of benzene rings is 1. The highest BCUT2D eigenvalue weighted by atomic mass is 32.2. The third-order valence-electron chi connectivity index (χ3n) is 2.77. The van der Waals surface area contributed by atoms with E-state index in [-0.39, 0.29) is 0 Å². The van der Waals surface area contributed by atoms with Crippen molar-refractivity contribution in [2.45, 2.75) is 32.9 Å². The van der Waals surface area contributed by atoms with Crippen LogP contribution in [0.15, 0.2) is 24.3 Å². The predicted molar refractivity (Wildman–Crippen MR) is 84.5 cm³/mol. The Kier molecular flexibility index (Phi) is 5.88. The standard InChI is InChI=1S/C14H23N3O3S/c1-5-15-10-11-7-6-8-12(9-11)16-13(18)14(2,3)17-21(4,19)20/h6-9,15,17H,5,10H2,1-4H3,(H,16,18). The smallest absolute Gasteiger partial charge is 0.245 e. The molecule has 21 heavy (non-hydrogen) atoms. The molecule has 0 heterocycles. The minimum atomic E-state index is -3.46. The summed E-state index contributed by atoms with van der Waals surface area (Å²) >= 11 is 0. The van der Waals surface area contributed by atoms with Crippen LogP contribution in [0.4, 0.5) is 5.69 Å². The Hall–Kier alpha value is -1.44. The van der Waals surface area contributed by atoms with Crippen molar-refractivity contribution in [1.29, 1.82) is 0 Å². The molecular weight excluding hydrogens is 290 g/mol. The van der Waals surface area contributed by atoms with Crippen molar-refractivity contribution in [3.8, 4) is 0 Å². The van der Waals surface area contributed by atoms with E-state index in [4.69, 9.17) is 0 Å².